The largest absolute Gasteiger partial charge is 0.480 e. The van der Waals surface area contributed by atoms with E-state index in [1.807, 2.05) is 0 Å². The van der Waals surface area contributed by atoms with Gasteiger partial charge in [-0.1, -0.05) is 12.8 Å². The summed E-state index contributed by atoms with van der Waals surface area (Å²) in [5.74, 6) is -9.86. The maximum Gasteiger partial charge on any atom is 0.326 e. The van der Waals surface area contributed by atoms with Gasteiger partial charge in [0.2, 0.25) is 65.0 Å². The van der Waals surface area contributed by atoms with E-state index in [1.54, 1.807) is 0 Å². The zero-order chi connectivity index (χ0) is 86.5. The highest BCUT2D eigenvalue weighted by atomic mass is 16.4. The van der Waals surface area contributed by atoms with Crippen LogP contribution >= 0.6 is 0 Å². The summed E-state index contributed by atoms with van der Waals surface area (Å²) in [6.45, 7) is 0.728. The first-order valence-corrected chi connectivity index (χ1v) is 38.1. The lowest BCUT2D eigenvalue weighted by Crippen LogP contribution is -2.54. The summed E-state index contributed by atoms with van der Waals surface area (Å²) in [6.07, 6.45) is 4.02. The second-order valence-corrected chi connectivity index (χ2v) is 26.5. The van der Waals surface area contributed by atoms with E-state index < -0.39 is 120 Å². The van der Waals surface area contributed by atoms with Crippen LogP contribution in [0.5, 0.6) is 0 Å². The number of nitrogens with two attached hydrogens (primary N) is 17. The molecule has 0 unspecified atom stereocenters. The molecule has 0 aromatic carbocycles. The molecular formula is C66H130N36O13. The van der Waals surface area contributed by atoms with Gasteiger partial charge in [-0.05, 0) is 128 Å². The van der Waals surface area contributed by atoms with Gasteiger partial charge in [0.1, 0.15) is 42.3 Å². The van der Waals surface area contributed by atoms with Crippen LogP contribution in [0.15, 0.2) is 39.9 Å². The summed E-state index contributed by atoms with van der Waals surface area (Å²) in [7, 11) is 0. The molecule has 8 atom stereocenters. The van der Waals surface area contributed by atoms with Crippen LogP contribution in [0.25, 0.3) is 0 Å². The predicted molar refractivity (Wildman–Crippen MR) is 437 cm³/mol. The summed E-state index contributed by atoms with van der Waals surface area (Å²) < 4.78 is 0. The Hall–Kier alpha value is -12.2. The van der Waals surface area contributed by atoms with Gasteiger partial charge in [-0.25, -0.2) is 4.79 Å². The fraction of sp³-hybridized carbons (Fsp3) is 0.697. The van der Waals surface area contributed by atoms with Crippen LogP contribution in [-0.2, 0) is 57.5 Å². The van der Waals surface area contributed by atoms with Crippen molar-refractivity contribution >= 4 is 119 Å². The van der Waals surface area contributed by atoms with Crippen molar-refractivity contribution in [3.05, 3.63) is 0 Å². The Bertz CT molecular complexity index is 3250. The van der Waals surface area contributed by atoms with Crippen LogP contribution in [0, 0.1) is 0 Å². The molecule has 0 aliphatic heterocycles. The number of aliphatic carboxylic acids is 1. The van der Waals surface area contributed by atoms with Crippen molar-refractivity contribution in [1.82, 2.24) is 58.5 Å². The van der Waals surface area contributed by atoms with Gasteiger partial charge in [-0.15, -0.1) is 0 Å². The minimum absolute atomic E-state index is 0.000674. The van der Waals surface area contributed by atoms with Gasteiger partial charge in [0.15, 0.2) is 47.7 Å². The monoisotopic (exact) mass is 1640 g/mol. The molecule has 0 heterocycles. The standard InChI is InChI=1S/C66H130N36O13/c67-39(15-7-29-88-59(68)69)51(107)84-27-5-1-3-23-47(103)96-43(19-11-33-92-63(76)77)55(111)101-41(17-9-31-90-61(72)73)53(109)86-37-25-49(105)98-45(21-13-35-94-65(80)81)57(113)100-40(16-8-30-89-60(70)71)52(108)85-28-6-2-4-24-48(104)97-44(20-12-34-93-64(78)79)56(112)102-42(18-10-32-91-62(74)75)54(110)87-38-26-50(106)99-46(58(114)115)22-14-36-95-66(82)83/h39-46H,1-38,67H2,(H,84,107)(H,85,108)(H,86,109)(H,87,110)(H,96,103)(H,97,104)(H,98,105)(H,99,106)(H,100,113)(H,101,111)(H,102,112)(H,114,115)(H4,68,69,88)(H4,70,71,89)(H4,72,73,90)(H4,74,75,91)(H4,76,77,92)(H4,78,79,93)(H4,80,81,94)(H4,82,83,95)/t39-,40-,41-,42-,43-,44-,45-,46-/m0/s1. The van der Waals surface area contributed by atoms with Gasteiger partial charge in [0.05, 0.1) is 6.04 Å². The zero-order valence-corrected chi connectivity index (χ0v) is 65.7. The molecule has 652 valence electrons. The van der Waals surface area contributed by atoms with Crippen molar-refractivity contribution in [2.24, 2.45) is 137 Å². The van der Waals surface area contributed by atoms with Crippen molar-refractivity contribution in [3.8, 4) is 0 Å². The lowest BCUT2D eigenvalue weighted by atomic mass is 10.1. The second kappa shape index (κ2) is 62.3. The molecule has 0 aromatic rings. The molecule has 0 aliphatic carbocycles. The minimum atomic E-state index is -1.29. The molecule has 0 radical (unpaired) electrons. The third-order valence-electron chi connectivity index (χ3n) is 16.5. The number of carboxylic acid groups (broad SMARTS) is 1. The highest BCUT2D eigenvalue weighted by Crippen LogP contribution is 2.11. The van der Waals surface area contributed by atoms with E-state index in [2.05, 4.69) is 98.4 Å². The number of hydrogen-bond donors (Lipinski definition) is 29. The lowest BCUT2D eigenvalue weighted by Gasteiger charge is -2.24. The topological polar surface area (TPSA) is 899 Å². The molecule has 49 heteroatoms. The smallest absolute Gasteiger partial charge is 0.326 e. The minimum Gasteiger partial charge on any atom is -0.480 e. The van der Waals surface area contributed by atoms with Gasteiger partial charge in [-0.3, -0.25) is 92.7 Å². The number of nitrogens with zero attached hydrogens (tertiary/aromatic N) is 8. The van der Waals surface area contributed by atoms with E-state index in [0.717, 1.165) is 0 Å². The lowest BCUT2D eigenvalue weighted by molar-refractivity contribution is -0.142. The van der Waals surface area contributed by atoms with Crippen LogP contribution in [0.2, 0.25) is 0 Å². The van der Waals surface area contributed by atoms with Crippen molar-refractivity contribution in [1.29, 1.82) is 0 Å². The van der Waals surface area contributed by atoms with Crippen LogP contribution in [-0.4, -0.2) is 251 Å². The fourth-order valence-electron chi connectivity index (χ4n) is 10.6. The summed E-state index contributed by atoms with van der Waals surface area (Å²) in [6, 6.07) is -9.36. The Balaban J connectivity index is 6.28. The average Bonchev–Trinajstić information content (AvgIpc) is 0.891. The van der Waals surface area contributed by atoms with E-state index in [0.29, 0.717) is 58.0 Å². The summed E-state index contributed by atoms with van der Waals surface area (Å²) in [5, 5.41) is 38.9. The number of nitrogens with one attached hydrogen (secondary N) is 11. The molecule has 11 amide bonds. The van der Waals surface area contributed by atoms with E-state index in [4.69, 9.17) is 97.5 Å². The van der Waals surface area contributed by atoms with E-state index in [1.165, 1.54) is 0 Å². The molecule has 0 saturated heterocycles. The van der Waals surface area contributed by atoms with Crippen molar-refractivity contribution in [2.75, 3.05) is 78.5 Å². The molecule has 49 nitrogen and oxygen atoms in total. The summed E-state index contributed by atoms with van der Waals surface area (Å²) in [4.78, 5) is 193. The van der Waals surface area contributed by atoms with Crippen LogP contribution in [0.3, 0.4) is 0 Å². The first kappa shape index (κ1) is 103. The zero-order valence-electron chi connectivity index (χ0n) is 65.7. The van der Waals surface area contributed by atoms with Gasteiger partial charge >= 0.3 is 5.97 Å². The Kier molecular flexibility index (Phi) is 55.7. The molecular weight excluding hydrogens is 1500 g/mol. The summed E-state index contributed by atoms with van der Waals surface area (Å²) in [5.41, 5.74) is 93.5. The quantitative estimate of drug-likeness (QED) is 0.0153. The number of carbonyl (C=O) groups excluding carboxylic acids is 11. The van der Waals surface area contributed by atoms with Gasteiger partial charge in [0.25, 0.3) is 0 Å². The number of aliphatic imine (C=N–C) groups is 8. The van der Waals surface area contributed by atoms with Gasteiger partial charge in [0, 0.05) is 104 Å². The number of hydrogen-bond acceptors (Lipinski definition) is 21. The first-order valence-electron chi connectivity index (χ1n) is 38.1. The van der Waals surface area contributed by atoms with Crippen molar-refractivity contribution in [2.45, 2.75) is 215 Å². The van der Waals surface area contributed by atoms with Crippen LogP contribution in [0.4, 0.5) is 0 Å². The third-order valence-corrected chi connectivity index (χ3v) is 16.5. The predicted octanol–water partition coefficient (Wildman–Crippen LogP) is -11.4. The van der Waals surface area contributed by atoms with E-state index in [9.17, 15) is 62.6 Å². The van der Waals surface area contributed by atoms with E-state index >= 15 is 0 Å². The van der Waals surface area contributed by atoms with Gasteiger partial charge in [-0.2, -0.15) is 0 Å². The summed E-state index contributed by atoms with van der Waals surface area (Å²) >= 11 is 0. The highest BCUT2D eigenvalue weighted by Gasteiger charge is 2.31. The second-order valence-electron chi connectivity index (χ2n) is 26.5. The Morgan fingerprint density at radius 3 is 0.687 bits per heavy atom. The molecule has 0 spiro atoms. The number of unbranched alkanes of at least 4 members (excludes halogenated alkanes) is 4. The molecule has 0 rings (SSSR count). The van der Waals surface area contributed by atoms with Crippen molar-refractivity contribution in [3.63, 3.8) is 0 Å². The van der Waals surface area contributed by atoms with Crippen LogP contribution in [0.1, 0.15) is 167 Å². The fourth-order valence-corrected chi connectivity index (χ4v) is 10.6. The third kappa shape index (κ3) is 56.6. The number of guanidine groups is 8. The Labute approximate surface area is 668 Å². The first-order chi connectivity index (χ1) is 54.5. The van der Waals surface area contributed by atoms with Gasteiger partial charge < -0.3 is 161 Å². The highest BCUT2D eigenvalue weighted by molar-refractivity contribution is 5.95. The number of amides is 11. The number of carbonyl (C=O) groups is 12. The Morgan fingerprint density at radius 2 is 0.435 bits per heavy atom. The molecule has 0 aliphatic rings. The maximum atomic E-state index is 14.2. The Morgan fingerprint density at radius 1 is 0.226 bits per heavy atom. The number of rotatable bonds is 65. The van der Waals surface area contributed by atoms with E-state index in [-0.39, 0.29) is 235 Å². The molecule has 115 heavy (non-hydrogen) atoms. The SMILES string of the molecule is NC(N)=NCCC[C@H](NC(=O)CCNC(=O)[C@H](CCCN=C(N)N)NC(=O)[C@H](CCCN=C(N)N)NC(=O)CCCCCNC(=O)[C@H](CCCN=C(N)N)NC(=O)[C@H](CCCN=C(N)N)NC(=O)CCNC(=O)[C@H](CCCN=C(N)N)NC(=O)[C@H](CCCN=C(N)N)NC(=O)CCCCCNC(=O)[C@@H](N)CCCN=C(N)N)C(=O)O. The molecule has 46 N–H and O–H groups in total. The number of carboxylic acids is 1. The molecule has 0 fully saturated rings. The molecule has 0 aromatic heterocycles. The average molecular weight is 1640 g/mol. The molecule has 0 bridgehead atoms. The molecule has 0 saturated carbocycles. The normalized spacial score (nSPS) is 12.7. The maximum absolute atomic E-state index is 14.2. The van der Waals surface area contributed by atoms with Crippen molar-refractivity contribution < 1.29 is 62.6 Å². The van der Waals surface area contributed by atoms with Crippen LogP contribution < -0.4 is 156 Å².